The second-order valence-electron chi connectivity index (χ2n) is 4.48. The van der Waals surface area contributed by atoms with Gasteiger partial charge >= 0.3 is 6.18 Å². The van der Waals surface area contributed by atoms with Gasteiger partial charge in [0, 0.05) is 13.1 Å². The van der Waals surface area contributed by atoms with E-state index in [1.54, 1.807) is 11.8 Å². The van der Waals surface area contributed by atoms with Crippen LogP contribution in [0.2, 0.25) is 0 Å². The molecule has 4 nitrogen and oxygen atoms in total. The lowest BCUT2D eigenvalue weighted by molar-refractivity contribution is -0.160. The number of nitrogens with zero attached hydrogens (tertiary/aromatic N) is 2. The molecule has 2 atom stereocenters. The second kappa shape index (κ2) is 7.45. The SMILES string of the molecule is CCC(C)CN(CC)CC(C(N)=NO)C(F)(F)F. The fourth-order valence-electron chi connectivity index (χ4n) is 1.60. The second-order valence-corrected chi connectivity index (χ2v) is 4.48. The van der Waals surface area contributed by atoms with Crippen molar-refractivity contribution >= 4 is 5.84 Å². The minimum Gasteiger partial charge on any atom is -0.409 e. The third kappa shape index (κ3) is 5.57. The number of nitrogens with two attached hydrogens (primary N) is 1. The summed E-state index contributed by atoms with van der Waals surface area (Å²) in [6, 6.07) is 0. The molecule has 0 bridgehead atoms. The number of oxime groups is 1. The first-order valence-corrected chi connectivity index (χ1v) is 6.02. The van der Waals surface area contributed by atoms with Crippen LogP contribution >= 0.6 is 0 Å². The van der Waals surface area contributed by atoms with E-state index >= 15 is 0 Å². The van der Waals surface area contributed by atoms with Crippen LogP contribution in [0.3, 0.4) is 0 Å². The Balaban J connectivity index is 4.74. The summed E-state index contributed by atoms with van der Waals surface area (Å²) in [4.78, 5) is 1.67. The van der Waals surface area contributed by atoms with Gasteiger partial charge in [-0.2, -0.15) is 13.2 Å². The molecular weight excluding hydrogens is 247 g/mol. The summed E-state index contributed by atoms with van der Waals surface area (Å²) < 4.78 is 38.3. The van der Waals surface area contributed by atoms with E-state index in [0.29, 0.717) is 19.0 Å². The minimum absolute atomic E-state index is 0.278. The molecule has 0 aliphatic rings. The Morgan fingerprint density at radius 2 is 1.89 bits per heavy atom. The van der Waals surface area contributed by atoms with Crippen LogP contribution in [0.1, 0.15) is 27.2 Å². The summed E-state index contributed by atoms with van der Waals surface area (Å²) in [6.45, 7) is 6.55. The van der Waals surface area contributed by atoms with Crippen molar-refractivity contribution in [1.82, 2.24) is 4.90 Å². The van der Waals surface area contributed by atoms with Crippen molar-refractivity contribution in [1.29, 1.82) is 0 Å². The molecule has 0 saturated carbocycles. The first kappa shape index (κ1) is 17.0. The molecule has 0 aliphatic carbocycles. The largest absolute Gasteiger partial charge is 0.409 e. The molecule has 0 spiro atoms. The summed E-state index contributed by atoms with van der Waals surface area (Å²) in [7, 11) is 0. The van der Waals surface area contributed by atoms with E-state index in [9.17, 15) is 13.2 Å². The normalized spacial score (nSPS) is 16.9. The quantitative estimate of drug-likeness (QED) is 0.322. The minimum atomic E-state index is -4.50. The van der Waals surface area contributed by atoms with Crippen LogP contribution in [0, 0.1) is 11.8 Å². The van der Waals surface area contributed by atoms with Crippen LogP contribution in [0.15, 0.2) is 5.16 Å². The summed E-state index contributed by atoms with van der Waals surface area (Å²) in [5.41, 5.74) is 5.12. The zero-order valence-corrected chi connectivity index (χ0v) is 11.0. The molecule has 18 heavy (non-hydrogen) atoms. The van der Waals surface area contributed by atoms with Crippen molar-refractivity contribution in [3.63, 3.8) is 0 Å². The smallest absolute Gasteiger partial charge is 0.400 e. The fraction of sp³-hybridized carbons (Fsp3) is 0.909. The maximum absolute atomic E-state index is 12.8. The van der Waals surface area contributed by atoms with Gasteiger partial charge in [-0.3, -0.25) is 0 Å². The molecule has 0 aromatic carbocycles. The highest BCUT2D eigenvalue weighted by Gasteiger charge is 2.43. The Bertz CT molecular complexity index is 269. The highest BCUT2D eigenvalue weighted by Crippen LogP contribution is 2.27. The van der Waals surface area contributed by atoms with Gasteiger partial charge in [0.15, 0.2) is 5.84 Å². The van der Waals surface area contributed by atoms with Gasteiger partial charge in [-0.1, -0.05) is 32.3 Å². The maximum atomic E-state index is 12.8. The molecule has 3 N–H and O–H groups in total. The summed E-state index contributed by atoms with van der Waals surface area (Å²) in [5, 5.41) is 10.9. The average molecular weight is 269 g/mol. The average Bonchev–Trinajstić information content (AvgIpc) is 2.31. The van der Waals surface area contributed by atoms with Gasteiger partial charge < -0.3 is 15.8 Å². The van der Waals surface area contributed by atoms with Gasteiger partial charge in [-0.05, 0) is 12.5 Å². The predicted octanol–water partition coefficient (Wildman–Crippen LogP) is 2.28. The number of amidine groups is 1. The summed E-state index contributed by atoms with van der Waals surface area (Å²) in [6.07, 6.45) is -3.60. The van der Waals surface area contributed by atoms with Crippen molar-refractivity contribution in [2.45, 2.75) is 33.4 Å². The molecule has 0 amide bonds. The van der Waals surface area contributed by atoms with Crippen LogP contribution in [0.4, 0.5) is 13.2 Å². The Kier molecular flexibility index (Phi) is 7.05. The van der Waals surface area contributed by atoms with E-state index in [0.717, 1.165) is 6.42 Å². The van der Waals surface area contributed by atoms with E-state index in [2.05, 4.69) is 5.16 Å². The van der Waals surface area contributed by atoms with Gasteiger partial charge in [-0.25, -0.2) is 0 Å². The first-order chi connectivity index (χ1) is 8.26. The van der Waals surface area contributed by atoms with Crippen molar-refractivity contribution in [3.8, 4) is 0 Å². The molecule has 0 aromatic heterocycles. The molecule has 7 heteroatoms. The zero-order chi connectivity index (χ0) is 14.3. The van der Waals surface area contributed by atoms with Crippen LogP contribution in [-0.4, -0.2) is 41.8 Å². The monoisotopic (exact) mass is 269 g/mol. The highest BCUT2D eigenvalue weighted by molar-refractivity contribution is 5.83. The Labute approximate surface area is 106 Å². The number of hydrogen-bond donors (Lipinski definition) is 2. The first-order valence-electron chi connectivity index (χ1n) is 6.02. The van der Waals surface area contributed by atoms with Gasteiger partial charge in [0.1, 0.15) is 5.92 Å². The lowest BCUT2D eigenvalue weighted by Gasteiger charge is -2.28. The van der Waals surface area contributed by atoms with E-state index in [1.807, 2.05) is 13.8 Å². The van der Waals surface area contributed by atoms with Crippen LogP contribution in [0.5, 0.6) is 0 Å². The van der Waals surface area contributed by atoms with E-state index < -0.39 is 17.9 Å². The Hall–Kier alpha value is -0.980. The number of alkyl halides is 3. The number of rotatable bonds is 7. The Morgan fingerprint density at radius 1 is 1.33 bits per heavy atom. The molecule has 0 fully saturated rings. The lowest BCUT2D eigenvalue weighted by atomic mass is 10.0. The molecule has 0 radical (unpaired) electrons. The predicted molar refractivity (Wildman–Crippen MR) is 64.5 cm³/mol. The molecule has 0 aliphatic heterocycles. The van der Waals surface area contributed by atoms with Crippen molar-refractivity contribution in [3.05, 3.63) is 0 Å². The van der Waals surface area contributed by atoms with E-state index in [1.165, 1.54) is 0 Å². The molecule has 2 unspecified atom stereocenters. The van der Waals surface area contributed by atoms with E-state index in [-0.39, 0.29) is 6.54 Å². The van der Waals surface area contributed by atoms with Crippen LogP contribution in [0.25, 0.3) is 0 Å². The van der Waals surface area contributed by atoms with Crippen molar-refractivity contribution in [2.24, 2.45) is 22.7 Å². The molecule has 0 rings (SSSR count). The third-order valence-corrected chi connectivity index (χ3v) is 3.02. The van der Waals surface area contributed by atoms with Gasteiger partial charge in [0.25, 0.3) is 0 Å². The zero-order valence-electron chi connectivity index (χ0n) is 11.0. The van der Waals surface area contributed by atoms with E-state index in [4.69, 9.17) is 10.9 Å². The standard InChI is InChI=1S/C11H22F3N3O/c1-4-8(3)6-17(5-2)7-9(10(15)16-18)11(12,13)14/h8-9,18H,4-7H2,1-3H3,(H2,15,16). The topological polar surface area (TPSA) is 61.8 Å². The van der Waals surface area contributed by atoms with Gasteiger partial charge in [0.2, 0.25) is 0 Å². The summed E-state index contributed by atoms with van der Waals surface area (Å²) >= 11 is 0. The number of hydrogen-bond acceptors (Lipinski definition) is 3. The Morgan fingerprint density at radius 3 is 2.22 bits per heavy atom. The van der Waals surface area contributed by atoms with Gasteiger partial charge in [0.05, 0.1) is 0 Å². The fourth-order valence-corrected chi connectivity index (χ4v) is 1.60. The van der Waals surface area contributed by atoms with Crippen LogP contribution in [-0.2, 0) is 0 Å². The van der Waals surface area contributed by atoms with Crippen molar-refractivity contribution in [2.75, 3.05) is 19.6 Å². The summed E-state index contributed by atoms with van der Waals surface area (Å²) in [5.74, 6) is -2.40. The molecule has 108 valence electrons. The van der Waals surface area contributed by atoms with Gasteiger partial charge in [-0.15, -0.1) is 0 Å². The van der Waals surface area contributed by atoms with Crippen molar-refractivity contribution < 1.29 is 18.4 Å². The molecular formula is C11H22F3N3O. The lowest BCUT2D eigenvalue weighted by Crippen LogP contribution is -2.45. The molecule has 0 saturated heterocycles. The molecule has 0 aromatic rings. The highest BCUT2D eigenvalue weighted by atomic mass is 19.4. The third-order valence-electron chi connectivity index (χ3n) is 3.02. The number of halogens is 3. The maximum Gasteiger partial charge on any atom is 0.400 e. The van der Waals surface area contributed by atoms with Crippen LogP contribution < -0.4 is 5.73 Å². The molecule has 0 heterocycles.